The number of nitrogens with zero attached hydrogens (tertiary/aromatic N) is 1. The summed E-state index contributed by atoms with van der Waals surface area (Å²) in [5, 5.41) is 6.47. The highest BCUT2D eigenvalue weighted by atomic mass is 32.1. The molecule has 3 nitrogen and oxygen atoms in total. The van der Waals surface area contributed by atoms with Crippen LogP contribution in [0.3, 0.4) is 0 Å². The second kappa shape index (κ2) is 5.29. The topological polar surface area (TPSA) is 34.0 Å². The molecule has 1 aromatic carbocycles. The Morgan fingerprint density at radius 3 is 2.95 bits per heavy atom. The van der Waals surface area contributed by atoms with E-state index < -0.39 is 0 Å². The van der Waals surface area contributed by atoms with Gasteiger partial charge in [-0.25, -0.2) is 0 Å². The molecule has 0 saturated carbocycles. The lowest BCUT2D eigenvalue weighted by Gasteiger charge is -2.24. The van der Waals surface area contributed by atoms with Crippen LogP contribution in [0.4, 0.5) is 0 Å². The van der Waals surface area contributed by atoms with Gasteiger partial charge in [-0.1, -0.05) is 24.3 Å². The van der Waals surface area contributed by atoms with Crippen molar-refractivity contribution in [2.45, 2.75) is 25.3 Å². The average Bonchev–Trinajstić information content (AvgIpc) is 3.16. The lowest BCUT2D eigenvalue weighted by molar-refractivity contribution is 0.0937. The van der Waals surface area contributed by atoms with Gasteiger partial charge in [-0.3, -0.25) is 4.79 Å². The fourth-order valence-electron chi connectivity index (χ4n) is 3.52. The molecule has 1 unspecified atom stereocenters. The van der Waals surface area contributed by atoms with Gasteiger partial charge in [0, 0.05) is 29.7 Å². The number of benzene rings is 1. The Morgan fingerprint density at radius 2 is 2.14 bits per heavy atom. The van der Waals surface area contributed by atoms with Gasteiger partial charge < -0.3 is 9.88 Å². The predicted molar refractivity (Wildman–Crippen MR) is 90.5 cm³/mol. The molecule has 0 bridgehead atoms. The molecule has 3 aromatic rings. The number of carbonyl (C=O) groups is 1. The van der Waals surface area contributed by atoms with E-state index in [4.69, 9.17) is 0 Å². The van der Waals surface area contributed by atoms with E-state index in [1.165, 1.54) is 33.5 Å². The number of thiophene rings is 1. The zero-order valence-electron chi connectivity index (χ0n) is 12.5. The number of fused-ring (bicyclic) bond motifs is 3. The number of hydrogen-bond acceptors (Lipinski definition) is 2. The first-order chi connectivity index (χ1) is 10.7. The van der Waals surface area contributed by atoms with E-state index in [2.05, 4.69) is 41.2 Å². The third kappa shape index (κ3) is 2.15. The molecule has 0 spiro atoms. The first-order valence-electron chi connectivity index (χ1n) is 7.63. The summed E-state index contributed by atoms with van der Waals surface area (Å²) in [6.07, 6.45) is 2.96. The summed E-state index contributed by atoms with van der Waals surface area (Å²) in [6, 6.07) is 12.6. The van der Waals surface area contributed by atoms with Crippen LogP contribution in [0.1, 0.15) is 27.3 Å². The van der Waals surface area contributed by atoms with Crippen molar-refractivity contribution in [1.29, 1.82) is 0 Å². The molecule has 22 heavy (non-hydrogen) atoms. The number of aromatic nitrogens is 1. The Hall–Kier alpha value is -2.07. The van der Waals surface area contributed by atoms with Crippen LogP contribution in [0, 0.1) is 0 Å². The maximum absolute atomic E-state index is 12.2. The van der Waals surface area contributed by atoms with E-state index in [0.29, 0.717) is 0 Å². The Labute approximate surface area is 133 Å². The van der Waals surface area contributed by atoms with Crippen molar-refractivity contribution < 1.29 is 4.79 Å². The zero-order chi connectivity index (χ0) is 15.1. The van der Waals surface area contributed by atoms with E-state index >= 15 is 0 Å². The Bertz CT molecular complexity index is 832. The smallest absolute Gasteiger partial charge is 0.261 e. The molecule has 1 aliphatic rings. The normalized spacial score (nSPS) is 17.4. The highest BCUT2D eigenvalue weighted by Gasteiger charge is 2.25. The van der Waals surface area contributed by atoms with Gasteiger partial charge in [0.1, 0.15) is 0 Å². The van der Waals surface area contributed by atoms with Crippen LogP contribution in [-0.2, 0) is 19.9 Å². The summed E-state index contributed by atoms with van der Waals surface area (Å²) < 4.78 is 2.31. The molecule has 4 heteroatoms. The number of aryl methyl sites for hydroxylation is 1. The molecule has 0 radical (unpaired) electrons. The van der Waals surface area contributed by atoms with E-state index in [9.17, 15) is 4.79 Å². The van der Waals surface area contributed by atoms with Crippen LogP contribution >= 0.6 is 11.3 Å². The minimum atomic E-state index is 0.0590. The van der Waals surface area contributed by atoms with Gasteiger partial charge in [-0.2, -0.15) is 0 Å². The van der Waals surface area contributed by atoms with Gasteiger partial charge in [0.15, 0.2) is 0 Å². The minimum absolute atomic E-state index is 0.0590. The van der Waals surface area contributed by atoms with Crippen molar-refractivity contribution in [2.75, 3.05) is 0 Å². The van der Waals surface area contributed by atoms with E-state index in [-0.39, 0.29) is 11.9 Å². The summed E-state index contributed by atoms with van der Waals surface area (Å²) in [5.74, 6) is 0.0590. The number of amides is 1. The van der Waals surface area contributed by atoms with Crippen LogP contribution < -0.4 is 5.32 Å². The van der Waals surface area contributed by atoms with Crippen LogP contribution in [0.2, 0.25) is 0 Å². The van der Waals surface area contributed by atoms with Crippen LogP contribution in [-0.4, -0.2) is 16.5 Å². The van der Waals surface area contributed by atoms with Crippen LogP contribution in [0.15, 0.2) is 41.8 Å². The Kier molecular flexibility index (Phi) is 3.26. The van der Waals surface area contributed by atoms with Crippen molar-refractivity contribution in [3.05, 3.63) is 57.9 Å². The summed E-state index contributed by atoms with van der Waals surface area (Å²) in [4.78, 5) is 13.0. The quantitative estimate of drug-likeness (QED) is 0.772. The monoisotopic (exact) mass is 310 g/mol. The largest absolute Gasteiger partial charge is 0.348 e. The third-order valence-corrected chi connectivity index (χ3v) is 5.47. The van der Waals surface area contributed by atoms with Crippen molar-refractivity contribution in [3.8, 4) is 0 Å². The highest BCUT2D eigenvalue weighted by molar-refractivity contribution is 7.12. The van der Waals surface area contributed by atoms with Gasteiger partial charge in [0.05, 0.1) is 4.88 Å². The molecule has 112 valence electrons. The molecule has 1 aliphatic carbocycles. The van der Waals surface area contributed by atoms with Gasteiger partial charge in [-0.05, 0) is 42.3 Å². The van der Waals surface area contributed by atoms with E-state index in [0.717, 1.165) is 24.1 Å². The molecule has 2 heterocycles. The van der Waals surface area contributed by atoms with Gasteiger partial charge in [0.2, 0.25) is 0 Å². The number of nitrogens with one attached hydrogen (secondary N) is 1. The number of carbonyl (C=O) groups excluding carboxylic acids is 1. The fraction of sp³-hybridized carbons (Fsp3) is 0.278. The standard InChI is InChI=1S/C18H18N2OS/c1-20-15-6-3-2-5-13(15)14-11-12(8-9-16(14)20)19-18(21)17-7-4-10-22-17/h2-7,10,12H,8-9,11H2,1H3,(H,19,21). The SMILES string of the molecule is Cn1c2c(c3ccccc31)CC(NC(=O)c1cccs1)CC2. The second-order valence-electron chi connectivity index (χ2n) is 5.89. The van der Waals surface area contributed by atoms with Gasteiger partial charge in [-0.15, -0.1) is 11.3 Å². The maximum atomic E-state index is 12.2. The molecule has 1 amide bonds. The summed E-state index contributed by atoms with van der Waals surface area (Å²) in [7, 11) is 2.14. The first kappa shape index (κ1) is 13.6. The number of para-hydroxylation sites is 1. The highest BCUT2D eigenvalue weighted by Crippen LogP contribution is 2.31. The lowest BCUT2D eigenvalue weighted by Crippen LogP contribution is -2.38. The van der Waals surface area contributed by atoms with Crippen LogP contribution in [0.5, 0.6) is 0 Å². The molecule has 2 aromatic heterocycles. The molecule has 1 N–H and O–H groups in total. The molecular weight excluding hydrogens is 292 g/mol. The third-order valence-electron chi connectivity index (χ3n) is 4.60. The van der Waals surface area contributed by atoms with E-state index in [1.807, 2.05) is 17.5 Å². The van der Waals surface area contributed by atoms with Crippen LogP contribution in [0.25, 0.3) is 10.9 Å². The number of hydrogen-bond donors (Lipinski definition) is 1. The maximum Gasteiger partial charge on any atom is 0.261 e. The summed E-state index contributed by atoms with van der Waals surface area (Å²) in [6.45, 7) is 0. The molecule has 0 fully saturated rings. The predicted octanol–water partition coefficient (Wildman–Crippen LogP) is 3.53. The van der Waals surface area contributed by atoms with Gasteiger partial charge >= 0.3 is 0 Å². The van der Waals surface area contributed by atoms with Crippen molar-refractivity contribution in [1.82, 2.24) is 9.88 Å². The molecule has 4 rings (SSSR count). The lowest BCUT2D eigenvalue weighted by atomic mass is 9.91. The van der Waals surface area contributed by atoms with Crippen molar-refractivity contribution in [2.24, 2.45) is 7.05 Å². The van der Waals surface area contributed by atoms with E-state index in [1.54, 1.807) is 0 Å². The fourth-order valence-corrected chi connectivity index (χ4v) is 4.14. The zero-order valence-corrected chi connectivity index (χ0v) is 13.3. The summed E-state index contributed by atoms with van der Waals surface area (Å²) >= 11 is 1.50. The number of rotatable bonds is 2. The first-order valence-corrected chi connectivity index (χ1v) is 8.51. The summed E-state index contributed by atoms with van der Waals surface area (Å²) in [5.41, 5.74) is 4.11. The minimum Gasteiger partial charge on any atom is -0.348 e. The molecule has 1 atom stereocenters. The Morgan fingerprint density at radius 1 is 1.27 bits per heavy atom. The Balaban J connectivity index is 1.61. The second-order valence-corrected chi connectivity index (χ2v) is 6.84. The molecule has 0 saturated heterocycles. The van der Waals surface area contributed by atoms with Crippen molar-refractivity contribution in [3.63, 3.8) is 0 Å². The molecular formula is C18H18N2OS. The van der Waals surface area contributed by atoms with Gasteiger partial charge in [0.25, 0.3) is 5.91 Å². The average molecular weight is 310 g/mol. The molecule has 0 aliphatic heterocycles. The van der Waals surface area contributed by atoms with Crippen molar-refractivity contribution >= 4 is 28.1 Å².